The van der Waals surface area contributed by atoms with Crippen LogP contribution in [0.5, 0.6) is 0 Å². The first kappa shape index (κ1) is 8.98. The van der Waals surface area contributed by atoms with Crippen molar-refractivity contribution in [2.45, 2.75) is 12.8 Å². The average Bonchev–Trinajstić information content (AvgIpc) is 1.63. The normalized spacial score (nSPS) is 17.1. The molecule has 0 amide bonds. The molecule has 0 rings (SSSR count). The van der Waals surface area contributed by atoms with Crippen LogP contribution in [0.25, 0.3) is 0 Å². The van der Waals surface area contributed by atoms with Gasteiger partial charge in [-0.3, -0.25) is 4.21 Å². The predicted octanol–water partition coefficient (Wildman–Crippen LogP) is 0.105. The zero-order valence-corrected chi connectivity index (χ0v) is 6.62. The second-order valence-electron chi connectivity index (χ2n) is 2.32. The second-order valence-corrected chi connectivity index (χ2v) is 5.09. The van der Waals surface area contributed by atoms with Gasteiger partial charge in [-0.15, -0.1) is 0 Å². The Morgan fingerprint density at radius 2 is 2.11 bits per heavy atom. The molecule has 56 valence electrons. The topological polar surface area (TPSA) is 37.3 Å². The van der Waals surface area contributed by atoms with Crippen molar-refractivity contribution in [3.8, 4) is 0 Å². The van der Waals surface area contributed by atoms with E-state index in [1.165, 1.54) is 0 Å². The fourth-order valence-electron chi connectivity index (χ4n) is 0.519. The smallest absolute Gasteiger partial charge is 0.0431 e. The number of aliphatic hydroxyl groups excluding tert-OH is 1. The van der Waals surface area contributed by atoms with Gasteiger partial charge in [0.2, 0.25) is 0 Å². The Bertz CT molecular complexity index is 146. The summed E-state index contributed by atoms with van der Waals surface area (Å²) < 4.78 is 10.9. The molecule has 3 heteroatoms. The first-order chi connectivity index (χ1) is 4.06. The SMILES string of the molecule is C=S(C)(=O)CCCCO. The summed E-state index contributed by atoms with van der Waals surface area (Å²) in [4.78, 5) is 0. The molecule has 1 atom stereocenters. The summed E-state index contributed by atoms with van der Waals surface area (Å²) in [6.45, 7) is 0.190. The Hall–Kier alpha value is -0.0200. The van der Waals surface area contributed by atoms with E-state index >= 15 is 0 Å². The fraction of sp³-hybridized carbons (Fsp3) is 0.833. The number of hydrogen-bond acceptors (Lipinski definition) is 2. The third-order valence-electron chi connectivity index (χ3n) is 0.984. The van der Waals surface area contributed by atoms with E-state index in [9.17, 15) is 4.21 Å². The molecule has 0 fully saturated rings. The van der Waals surface area contributed by atoms with Gasteiger partial charge >= 0.3 is 0 Å². The van der Waals surface area contributed by atoms with Gasteiger partial charge in [-0.05, 0) is 28.2 Å². The first-order valence-corrected chi connectivity index (χ1v) is 5.27. The summed E-state index contributed by atoms with van der Waals surface area (Å²) in [6.07, 6.45) is 3.19. The van der Waals surface area contributed by atoms with Gasteiger partial charge < -0.3 is 5.11 Å². The molecule has 2 nitrogen and oxygen atoms in total. The van der Waals surface area contributed by atoms with Crippen LogP contribution in [0.1, 0.15) is 12.8 Å². The van der Waals surface area contributed by atoms with Crippen molar-refractivity contribution < 1.29 is 9.32 Å². The molecule has 0 aliphatic heterocycles. The van der Waals surface area contributed by atoms with Crippen LogP contribution >= 0.6 is 0 Å². The summed E-state index contributed by atoms with van der Waals surface area (Å²) >= 11 is 0. The van der Waals surface area contributed by atoms with E-state index in [1.807, 2.05) is 0 Å². The van der Waals surface area contributed by atoms with Gasteiger partial charge in [0, 0.05) is 18.6 Å². The van der Waals surface area contributed by atoms with Crippen molar-refractivity contribution in [2.75, 3.05) is 18.6 Å². The molecule has 1 unspecified atom stereocenters. The molecule has 0 aromatic heterocycles. The average molecular weight is 150 g/mol. The Balaban J connectivity index is 3.30. The Morgan fingerprint density at radius 3 is 2.44 bits per heavy atom. The van der Waals surface area contributed by atoms with Crippen molar-refractivity contribution in [3.63, 3.8) is 0 Å². The molecule has 0 spiro atoms. The van der Waals surface area contributed by atoms with Gasteiger partial charge in [-0.2, -0.15) is 0 Å². The highest BCUT2D eigenvalue weighted by Crippen LogP contribution is 1.91. The van der Waals surface area contributed by atoms with Crippen LogP contribution in [0, 0.1) is 0 Å². The maximum atomic E-state index is 10.9. The monoisotopic (exact) mass is 150 g/mol. The lowest BCUT2D eigenvalue weighted by atomic mass is 10.4. The van der Waals surface area contributed by atoms with E-state index in [2.05, 4.69) is 5.87 Å². The molecule has 0 aliphatic carbocycles. The van der Waals surface area contributed by atoms with Crippen LogP contribution in [0.2, 0.25) is 0 Å². The lowest BCUT2D eigenvalue weighted by molar-refractivity contribution is 0.287. The van der Waals surface area contributed by atoms with E-state index in [0.717, 1.165) is 12.8 Å². The largest absolute Gasteiger partial charge is 0.396 e. The first-order valence-electron chi connectivity index (χ1n) is 2.97. The predicted molar refractivity (Wildman–Crippen MR) is 42.4 cm³/mol. The van der Waals surface area contributed by atoms with Gasteiger partial charge in [0.25, 0.3) is 0 Å². The Kier molecular flexibility index (Phi) is 3.89. The Labute approximate surface area is 56.9 Å². The van der Waals surface area contributed by atoms with E-state index in [0.29, 0.717) is 5.75 Å². The molecule has 0 heterocycles. The standard InChI is InChI=1S/C6H14O2S/c1-9(2,8)6-4-3-5-7/h7H,1,3-6H2,2H3. The molecular formula is C6H14O2S. The molecule has 0 aromatic carbocycles. The lowest BCUT2D eigenvalue weighted by Gasteiger charge is -1.98. The van der Waals surface area contributed by atoms with E-state index in [4.69, 9.17) is 5.11 Å². The summed E-state index contributed by atoms with van der Waals surface area (Å²) in [6, 6.07) is 0. The molecule has 0 bridgehead atoms. The van der Waals surface area contributed by atoms with Crippen molar-refractivity contribution in [1.82, 2.24) is 0 Å². The van der Waals surface area contributed by atoms with Crippen LogP contribution in [-0.2, 0) is 9.52 Å². The number of unbranched alkanes of at least 4 members (excludes halogenated alkanes) is 1. The van der Waals surface area contributed by atoms with Crippen LogP contribution in [0.15, 0.2) is 0 Å². The highest BCUT2D eigenvalue weighted by Gasteiger charge is 1.93. The summed E-state index contributed by atoms with van der Waals surface area (Å²) in [5, 5.41) is 8.35. The summed E-state index contributed by atoms with van der Waals surface area (Å²) in [7, 11) is -1.81. The van der Waals surface area contributed by atoms with Crippen molar-refractivity contribution in [3.05, 3.63) is 0 Å². The molecule has 9 heavy (non-hydrogen) atoms. The molecule has 0 saturated carbocycles. The van der Waals surface area contributed by atoms with E-state index < -0.39 is 9.52 Å². The van der Waals surface area contributed by atoms with Crippen molar-refractivity contribution in [1.29, 1.82) is 0 Å². The zero-order chi connectivity index (χ0) is 7.33. The zero-order valence-electron chi connectivity index (χ0n) is 5.80. The highest BCUT2D eigenvalue weighted by molar-refractivity contribution is 7.99. The van der Waals surface area contributed by atoms with Crippen LogP contribution in [0.3, 0.4) is 0 Å². The third-order valence-corrected chi connectivity index (χ3v) is 2.14. The number of hydrogen-bond donors (Lipinski definition) is 1. The second kappa shape index (κ2) is 3.90. The maximum Gasteiger partial charge on any atom is 0.0431 e. The summed E-state index contributed by atoms with van der Waals surface area (Å²) in [5.41, 5.74) is 0. The van der Waals surface area contributed by atoms with Gasteiger partial charge in [0.15, 0.2) is 0 Å². The lowest BCUT2D eigenvalue weighted by Crippen LogP contribution is -2.02. The minimum Gasteiger partial charge on any atom is -0.396 e. The molecule has 1 N–H and O–H groups in total. The Morgan fingerprint density at radius 1 is 1.56 bits per heavy atom. The van der Waals surface area contributed by atoms with Crippen LogP contribution in [-0.4, -0.2) is 33.8 Å². The fourth-order valence-corrected chi connectivity index (χ4v) is 1.33. The minimum atomic E-state index is -1.81. The van der Waals surface area contributed by atoms with Crippen LogP contribution in [0.4, 0.5) is 0 Å². The minimum absolute atomic E-state index is 0.190. The van der Waals surface area contributed by atoms with E-state index in [-0.39, 0.29) is 6.61 Å². The molecular weight excluding hydrogens is 136 g/mol. The van der Waals surface area contributed by atoms with Crippen LogP contribution < -0.4 is 0 Å². The third kappa shape index (κ3) is 7.98. The molecule has 0 saturated heterocycles. The van der Waals surface area contributed by atoms with E-state index in [1.54, 1.807) is 6.26 Å². The van der Waals surface area contributed by atoms with Crippen molar-refractivity contribution >= 4 is 15.4 Å². The highest BCUT2D eigenvalue weighted by atomic mass is 32.2. The summed E-state index contributed by atoms with van der Waals surface area (Å²) in [5.74, 6) is 4.12. The molecule has 0 radical (unpaired) electrons. The number of rotatable bonds is 4. The molecule has 0 aliphatic rings. The van der Waals surface area contributed by atoms with Gasteiger partial charge in [0.05, 0.1) is 0 Å². The molecule has 0 aromatic rings. The van der Waals surface area contributed by atoms with Crippen molar-refractivity contribution in [2.24, 2.45) is 0 Å². The van der Waals surface area contributed by atoms with Gasteiger partial charge in [0.1, 0.15) is 0 Å². The maximum absolute atomic E-state index is 10.9. The van der Waals surface area contributed by atoms with Gasteiger partial charge in [-0.25, -0.2) is 0 Å². The van der Waals surface area contributed by atoms with Gasteiger partial charge in [-0.1, -0.05) is 0 Å². The number of aliphatic hydroxyl groups is 1. The quantitative estimate of drug-likeness (QED) is 0.456.